The summed E-state index contributed by atoms with van der Waals surface area (Å²) in [6.45, 7) is 6.73. The number of carbonyl (C=O) groups is 2. The third-order valence-electron chi connectivity index (χ3n) is 4.64. The Labute approximate surface area is 119 Å². The molecule has 3 fully saturated rings. The van der Waals surface area contributed by atoms with Crippen molar-refractivity contribution in [2.45, 2.75) is 12.0 Å². The second-order valence-electron chi connectivity index (χ2n) is 6.04. The predicted octanol–water partition coefficient (Wildman–Crippen LogP) is -1.48. The number of nitrogens with one attached hydrogen (secondary N) is 2. The molecule has 112 valence electrons. The average Bonchev–Trinajstić information content (AvgIpc) is 2.98. The topological polar surface area (TPSA) is 67.9 Å². The zero-order valence-electron chi connectivity index (χ0n) is 12.0. The van der Waals surface area contributed by atoms with Crippen molar-refractivity contribution < 1.29 is 9.59 Å². The third kappa shape index (κ3) is 2.41. The number of urea groups is 1. The van der Waals surface area contributed by atoms with Crippen LogP contribution >= 0.6 is 0 Å². The molecule has 0 radical (unpaired) electrons. The molecule has 0 bridgehead atoms. The van der Waals surface area contributed by atoms with Gasteiger partial charge in [0.25, 0.3) is 5.91 Å². The zero-order chi connectivity index (χ0) is 14.2. The van der Waals surface area contributed by atoms with Gasteiger partial charge in [-0.25, -0.2) is 4.79 Å². The number of imide groups is 1. The molecule has 0 aromatic carbocycles. The van der Waals surface area contributed by atoms with Crippen LogP contribution in [0.2, 0.25) is 0 Å². The van der Waals surface area contributed by atoms with E-state index in [0.717, 1.165) is 39.3 Å². The highest BCUT2D eigenvalue weighted by atomic mass is 16.2. The molecule has 0 saturated carbocycles. The quantitative estimate of drug-likeness (QED) is 0.618. The van der Waals surface area contributed by atoms with Gasteiger partial charge in [0.2, 0.25) is 0 Å². The van der Waals surface area contributed by atoms with Gasteiger partial charge in [-0.3, -0.25) is 14.6 Å². The number of rotatable bonds is 3. The molecule has 3 aliphatic rings. The Balaban J connectivity index is 1.55. The molecule has 2 N–H and O–H groups in total. The SMILES string of the molecule is CN1CCN(CCN2C(=O)NC3(CCNC3)C2=O)CC1. The normalized spacial score (nSPS) is 32.4. The second-order valence-corrected chi connectivity index (χ2v) is 6.04. The number of carbonyl (C=O) groups excluding carboxylic acids is 2. The number of hydrogen-bond acceptors (Lipinski definition) is 5. The van der Waals surface area contributed by atoms with Gasteiger partial charge in [-0.2, -0.15) is 0 Å². The van der Waals surface area contributed by atoms with Crippen LogP contribution in [0.4, 0.5) is 4.79 Å². The van der Waals surface area contributed by atoms with Gasteiger partial charge in [0, 0.05) is 45.8 Å². The Morgan fingerprint density at radius 2 is 1.90 bits per heavy atom. The maximum absolute atomic E-state index is 12.4. The second kappa shape index (κ2) is 5.31. The standard InChI is InChI=1S/C13H23N5O2/c1-16-4-6-17(7-5-16)8-9-18-11(19)13(15-12(18)20)2-3-14-10-13/h14H,2-10H2,1H3,(H,15,20). The van der Waals surface area contributed by atoms with Crippen LogP contribution in [0.1, 0.15) is 6.42 Å². The van der Waals surface area contributed by atoms with Crippen molar-refractivity contribution >= 4 is 11.9 Å². The fourth-order valence-corrected chi connectivity index (χ4v) is 3.17. The van der Waals surface area contributed by atoms with E-state index in [1.807, 2.05) is 0 Å². The van der Waals surface area contributed by atoms with Crippen molar-refractivity contribution in [2.24, 2.45) is 0 Å². The van der Waals surface area contributed by atoms with Crippen molar-refractivity contribution in [3.8, 4) is 0 Å². The van der Waals surface area contributed by atoms with E-state index in [2.05, 4.69) is 27.5 Å². The molecule has 3 amide bonds. The molecule has 3 rings (SSSR count). The van der Waals surface area contributed by atoms with E-state index >= 15 is 0 Å². The highest BCUT2D eigenvalue weighted by molar-refractivity contribution is 6.07. The molecule has 20 heavy (non-hydrogen) atoms. The predicted molar refractivity (Wildman–Crippen MR) is 74.4 cm³/mol. The molecule has 0 aromatic rings. The first kappa shape index (κ1) is 13.8. The largest absolute Gasteiger partial charge is 0.325 e. The summed E-state index contributed by atoms with van der Waals surface area (Å²) in [6.07, 6.45) is 0.697. The van der Waals surface area contributed by atoms with Gasteiger partial charge in [0.05, 0.1) is 0 Å². The summed E-state index contributed by atoms with van der Waals surface area (Å²) in [6, 6.07) is -0.229. The van der Waals surface area contributed by atoms with Crippen LogP contribution in [0.5, 0.6) is 0 Å². The van der Waals surface area contributed by atoms with Gasteiger partial charge in [0.15, 0.2) is 0 Å². The van der Waals surface area contributed by atoms with Crippen LogP contribution in [0.15, 0.2) is 0 Å². The van der Waals surface area contributed by atoms with Crippen LogP contribution < -0.4 is 10.6 Å². The lowest BCUT2D eigenvalue weighted by molar-refractivity contribution is -0.130. The molecule has 1 spiro atoms. The zero-order valence-corrected chi connectivity index (χ0v) is 12.0. The van der Waals surface area contributed by atoms with Gasteiger partial charge in [-0.15, -0.1) is 0 Å². The van der Waals surface area contributed by atoms with E-state index in [-0.39, 0.29) is 11.9 Å². The Hall–Kier alpha value is -1.18. The first-order valence-electron chi connectivity index (χ1n) is 7.36. The fraction of sp³-hybridized carbons (Fsp3) is 0.846. The summed E-state index contributed by atoms with van der Waals surface area (Å²) in [5.41, 5.74) is -0.667. The number of likely N-dealkylation sites (N-methyl/N-ethyl adjacent to an activating group) is 1. The minimum absolute atomic E-state index is 0.0540. The Morgan fingerprint density at radius 3 is 2.55 bits per heavy atom. The summed E-state index contributed by atoms with van der Waals surface area (Å²) >= 11 is 0. The van der Waals surface area contributed by atoms with Crippen molar-refractivity contribution in [1.29, 1.82) is 0 Å². The average molecular weight is 281 g/mol. The Kier molecular flexibility index (Phi) is 3.66. The van der Waals surface area contributed by atoms with Gasteiger partial charge in [-0.05, 0) is 20.0 Å². The first-order chi connectivity index (χ1) is 9.61. The monoisotopic (exact) mass is 281 g/mol. The fourth-order valence-electron chi connectivity index (χ4n) is 3.17. The van der Waals surface area contributed by atoms with E-state index in [9.17, 15) is 9.59 Å². The molecule has 7 nitrogen and oxygen atoms in total. The van der Waals surface area contributed by atoms with Gasteiger partial charge in [0.1, 0.15) is 5.54 Å². The smallest absolute Gasteiger partial charge is 0.322 e. The van der Waals surface area contributed by atoms with Crippen LogP contribution in [0.3, 0.4) is 0 Å². The molecule has 3 aliphatic heterocycles. The lowest BCUT2D eigenvalue weighted by Gasteiger charge is -2.33. The Morgan fingerprint density at radius 1 is 1.15 bits per heavy atom. The van der Waals surface area contributed by atoms with E-state index in [1.54, 1.807) is 0 Å². The van der Waals surface area contributed by atoms with E-state index in [4.69, 9.17) is 0 Å². The number of nitrogens with zero attached hydrogens (tertiary/aromatic N) is 3. The van der Waals surface area contributed by atoms with Gasteiger partial charge < -0.3 is 15.5 Å². The Bertz CT molecular complexity index is 400. The molecule has 1 atom stereocenters. The molecule has 1 unspecified atom stereocenters. The molecule has 7 heteroatoms. The number of piperazine rings is 1. The molecule has 3 saturated heterocycles. The molecular formula is C13H23N5O2. The van der Waals surface area contributed by atoms with E-state index < -0.39 is 5.54 Å². The molecule has 0 aliphatic carbocycles. The summed E-state index contributed by atoms with van der Waals surface area (Å²) in [5, 5.41) is 6.03. The van der Waals surface area contributed by atoms with Crippen LogP contribution in [-0.2, 0) is 4.79 Å². The highest BCUT2D eigenvalue weighted by Gasteiger charge is 2.52. The minimum Gasteiger partial charge on any atom is -0.322 e. The van der Waals surface area contributed by atoms with Crippen molar-refractivity contribution in [3.05, 3.63) is 0 Å². The minimum atomic E-state index is -0.667. The lowest BCUT2D eigenvalue weighted by atomic mass is 9.99. The van der Waals surface area contributed by atoms with Gasteiger partial charge >= 0.3 is 6.03 Å². The van der Waals surface area contributed by atoms with Crippen molar-refractivity contribution in [2.75, 3.05) is 59.4 Å². The number of hydrogen-bond donors (Lipinski definition) is 2. The van der Waals surface area contributed by atoms with Crippen molar-refractivity contribution in [1.82, 2.24) is 25.3 Å². The summed E-state index contributed by atoms with van der Waals surface area (Å²) < 4.78 is 0. The lowest BCUT2D eigenvalue weighted by Crippen LogP contribution is -2.50. The maximum Gasteiger partial charge on any atom is 0.325 e. The summed E-state index contributed by atoms with van der Waals surface area (Å²) in [5.74, 6) is -0.0540. The van der Waals surface area contributed by atoms with Crippen molar-refractivity contribution in [3.63, 3.8) is 0 Å². The molecule has 3 heterocycles. The molecule has 0 aromatic heterocycles. The summed E-state index contributed by atoms with van der Waals surface area (Å²) in [4.78, 5) is 30.5. The third-order valence-corrected chi connectivity index (χ3v) is 4.64. The van der Waals surface area contributed by atoms with E-state index in [0.29, 0.717) is 19.5 Å². The van der Waals surface area contributed by atoms with Crippen LogP contribution in [0.25, 0.3) is 0 Å². The summed E-state index contributed by atoms with van der Waals surface area (Å²) in [7, 11) is 2.12. The molecular weight excluding hydrogens is 258 g/mol. The van der Waals surface area contributed by atoms with Crippen LogP contribution in [0, 0.1) is 0 Å². The van der Waals surface area contributed by atoms with E-state index in [1.165, 1.54) is 4.90 Å². The highest BCUT2D eigenvalue weighted by Crippen LogP contribution is 2.24. The van der Waals surface area contributed by atoms with Gasteiger partial charge in [-0.1, -0.05) is 0 Å². The number of amides is 3. The maximum atomic E-state index is 12.4. The first-order valence-corrected chi connectivity index (χ1v) is 7.36. The van der Waals surface area contributed by atoms with Crippen LogP contribution in [-0.4, -0.2) is 91.6 Å².